The number of rotatable bonds is 15. The Kier molecular flexibility index (Phi) is 14.6. The van der Waals surface area contributed by atoms with Crippen LogP contribution in [0.3, 0.4) is 0 Å². The summed E-state index contributed by atoms with van der Waals surface area (Å²) in [5.74, 6) is -1.19. The second kappa shape index (κ2) is 16.8. The number of nitrogens with one attached hydrogen (secondary N) is 2. The van der Waals surface area contributed by atoms with E-state index in [1.165, 1.54) is 4.90 Å². The van der Waals surface area contributed by atoms with Gasteiger partial charge in [-0.05, 0) is 71.6 Å². The van der Waals surface area contributed by atoms with Gasteiger partial charge in [0.25, 0.3) is 0 Å². The predicted octanol–water partition coefficient (Wildman–Crippen LogP) is 5.13. The lowest BCUT2D eigenvalue weighted by Gasteiger charge is -2.34. The molecule has 0 spiro atoms. The molecular weight excluding hydrogens is 498 g/mol. The molecule has 39 heavy (non-hydrogen) atoms. The topological polar surface area (TPSA) is 114 Å². The number of unbranched alkanes of at least 4 members (excludes halogenated alkanes) is 4. The van der Waals surface area contributed by atoms with Crippen LogP contribution >= 0.6 is 0 Å². The summed E-state index contributed by atoms with van der Waals surface area (Å²) in [6.07, 6.45) is 4.17. The third-order valence-corrected chi connectivity index (χ3v) is 6.23. The summed E-state index contributed by atoms with van der Waals surface area (Å²) in [5.41, 5.74) is 2.01. The van der Waals surface area contributed by atoms with E-state index in [0.717, 1.165) is 36.8 Å². The molecule has 2 unspecified atom stereocenters. The van der Waals surface area contributed by atoms with E-state index in [1.807, 2.05) is 32.0 Å². The van der Waals surface area contributed by atoms with Gasteiger partial charge in [0, 0.05) is 13.1 Å². The summed E-state index contributed by atoms with van der Waals surface area (Å²) in [6.45, 7) is 15.3. The Bertz CT molecular complexity index is 957. The van der Waals surface area contributed by atoms with Crippen molar-refractivity contribution in [2.24, 2.45) is 0 Å². The highest BCUT2D eigenvalue weighted by atomic mass is 16.6. The van der Waals surface area contributed by atoms with Gasteiger partial charge in [-0.2, -0.15) is 0 Å². The third-order valence-electron chi connectivity index (χ3n) is 6.23. The lowest BCUT2D eigenvalue weighted by atomic mass is 9.98. The highest BCUT2D eigenvalue weighted by Gasteiger charge is 2.34. The van der Waals surface area contributed by atoms with E-state index in [0.29, 0.717) is 18.5 Å². The number of hydrogen-bond donors (Lipinski definition) is 2. The average Bonchev–Trinajstić information content (AvgIpc) is 2.83. The summed E-state index contributed by atoms with van der Waals surface area (Å²) >= 11 is 0. The first kappa shape index (κ1) is 33.9. The SMILES string of the molecule is CCCCCCCN(C(=O)C(C)NC(=O)OC(C)(C)C)C(C(=O)NCCC(=O)OCC)c1ccc(C)c(C)c1. The lowest BCUT2D eigenvalue weighted by Crippen LogP contribution is -2.52. The molecule has 1 rings (SSSR count). The largest absolute Gasteiger partial charge is 0.466 e. The molecule has 0 aliphatic rings. The number of aryl methyl sites for hydroxylation is 2. The van der Waals surface area contributed by atoms with Gasteiger partial charge in [-0.1, -0.05) is 50.8 Å². The minimum Gasteiger partial charge on any atom is -0.466 e. The summed E-state index contributed by atoms with van der Waals surface area (Å²) in [7, 11) is 0. The van der Waals surface area contributed by atoms with Crippen LogP contribution in [0.2, 0.25) is 0 Å². The van der Waals surface area contributed by atoms with Gasteiger partial charge in [0.1, 0.15) is 17.7 Å². The van der Waals surface area contributed by atoms with Crippen LogP contribution < -0.4 is 10.6 Å². The third kappa shape index (κ3) is 12.5. The molecule has 0 saturated carbocycles. The van der Waals surface area contributed by atoms with Gasteiger partial charge < -0.3 is 25.0 Å². The zero-order valence-corrected chi connectivity index (χ0v) is 25.1. The van der Waals surface area contributed by atoms with E-state index in [2.05, 4.69) is 17.6 Å². The molecule has 9 nitrogen and oxygen atoms in total. The first-order valence-corrected chi connectivity index (χ1v) is 14.1. The number of amides is 3. The van der Waals surface area contributed by atoms with Crippen molar-refractivity contribution in [3.05, 3.63) is 34.9 Å². The van der Waals surface area contributed by atoms with Crippen LogP contribution in [0.4, 0.5) is 4.79 Å². The van der Waals surface area contributed by atoms with Gasteiger partial charge in [-0.15, -0.1) is 0 Å². The van der Waals surface area contributed by atoms with Gasteiger partial charge in [0.2, 0.25) is 11.8 Å². The van der Waals surface area contributed by atoms with Crippen molar-refractivity contribution in [2.45, 2.75) is 112 Å². The maximum absolute atomic E-state index is 13.8. The molecule has 0 bridgehead atoms. The monoisotopic (exact) mass is 547 g/mol. The van der Waals surface area contributed by atoms with Crippen LogP contribution in [0.5, 0.6) is 0 Å². The molecule has 1 aromatic carbocycles. The number of carbonyl (C=O) groups excluding carboxylic acids is 4. The van der Waals surface area contributed by atoms with Crippen LogP contribution in [-0.4, -0.2) is 60.1 Å². The smallest absolute Gasteiger partial charge is 0.408 e. The first-order valence-electron chi connectivity index (χ1n) is 14.1. The highest BCUT2D eigenvalue weighted by Crippen LogP contribution is 2.26. The number of esters is 1. The van der Waals surface area contributed by atoms with Crippen molar-refractivity contribution in [2.75, 3.05) is 19.7 Å². The van der Waals surface area contributed by atoms with Crippen LogP contribution in [0.1, 0.15) is 103 Å². The summed E-state index contributed by atoms with van der Waals surface area (Å²) in [5, 5.41) is 5.44. The minimum absolute atomic E-state index is 0.0286. The Morgan fingerprint density at radius 2 is 1.64 bits per heavy atom. The van der Waals surface area contributed by atoms with Gasteiger partial charge in [0.15, 0.2) is 0 Å². The number of alkyl carbamates (subject to hydrolysis) is 1. The number of carbonyl (C=O) groups is 4. The second-order valence-electron chi connectivity index (χ2n) is 10.9. The van der Waals surface area contributed by atoms with E-state index in [4.69, 9.17) is 9.47 Å². The van der Waals surface area contributed by atoms with Crippen molar-refractivity contribution < 1.29 is 28.7 Å². The Hall–Kier alpha value is -3.10. The highest BCUT2D eigenvalue weighted by molar-refractivity contribution is 5.92. The van der Waals surface area contributed by atoms with E-state index < -0.39 is 35.7 Å². The first-order chi connectivity index (χ1) is 18.3. The fourth-order valence-corrected chi connectivity index (χ4v) is 4.07. The van der Waals surface area contributed by atoms with Crippen molar-refractivity contribution in [3.8, 4) is 0 Å². The molecule has 0 aromatic heterocycles. The van der Waals surface area contributed by atoms with Gasteiger partial charge >= 0.3 is 12.1 Å². The van der Waals surface area contributed by atoms with E-state index >= 15 is 0 Å². The van der Waals surface area contributed by atoms with Crippen LogP contribution in [0, 0.1) is 13.8 Å². The Balaban J connectivity index is 3.31. The van der Waals surface area contributed by atoms with Crippen molar-refractivity contribution in [3.63, 3.8) is 0 Å². The van der Waals surface area contributed by atoms with Crippen LogP contribution in [0.25, 0.3) is 0 Å². The lowest BCUT2D eigenvalue weighted by molar-refractivity contribution is -0.144. The summed E-state index contributed by atoms with van der Waals surface area (Å²) < 4.78 is 10.3. The standard InChI is InChI=1S/C30H49N3O6/c1-9-11-12-13-14-19-33(28(36)23(5)32-29(37)39-30(6,7)8)26(24-16-15-21(3)22(4)20-24)27(35)31-18-17-25(34)38-10-2/h15-16,20,23,26H,9-14,17-19H2,1-8H3,(H,31,35)(H,32,37). The normalized spacial score (nSPS) is 12.7. The fraction of sp³-hybridized carbons (Fsp3) is 0.667. The van der Waals surface area contributed by atoms with Crippen molar-refractivity contribution >= 4 is 23.9 Å². The molecule has 2 atom stereocenters. The molecule has 0 saturated heterocycles. The zero-order chi connectivity index (χ0) is 29.6. The molecule has 0 fully saturated rings. The molecule has 0 heterocycles. The summed E-state index contributed by atoms with van der Waals surface area (Å²) in [6, 6.07) is 3.83. The van der Waals surface area contributed by atoms with Gasteiger partial charge in [-0.25, -0.2) is 4.79 Å². The van der Waals surface area contributed by atoms with Crippen molar-refractivity contribution in [1.82, 2.24) is 15.5 Å². The fourth-order valence-electron chi connectivity index (χ4n) is 4.07. The number of benzene rings is 1. The second-order valence-corrected chi connectivity index (χ2v) is 10.9. The molecule has 1 aromatic rings. The predicted molar refractivity (Wildman–Crippen MR) is 152 cm³/mol. The average molecular weight is 548 g/mol. The Labute approximate surface area is 234 Å². The van der Waals surface area contributed by atoms with E-state index in [1.54, 1.807) is 34.6 Å². The summed E-state index contributed by atoms with van der Waals surface area (Å²) in [4.78, 5) is 53.2. The molecule has 2 N–H and O–H groups in total. The van der Waals surface area contributed by atoms with E-state index in [-0.39, 0.29) is 25.5 Å². The quantitative estimate of drug-likeness (QED) is 0.233. The van der Waals surface area contributed by atoms with Gasteiger partial charge in [0.05, 0.1) is 13.0 Å². The molecular formula is C30H49N3O6. The van der Waals surface area contributed by atoms with Crippen LogP contribution in [-0.2, 0) is 23.9 Å². The molecule has 0 aliphatic carbocycles. The molecule has 3 amide bonds. The number of ether oxygens (including phenoxy) is 2. The molecule has 9 heteroatoms. The number of nitrogens with zero attached hydrogens (tertiary/aromatic N) is 1. The number of hydrogen-bond acceptors (Lipinski definition) is 6. The maximum atomic E-state index is 13.8. The molecule has 0 aliphatic heterocycles. The van der Waals surface area contributed by atoms with E-state index in [9.17, 15) is 19.2 Å². The zero-order valence-electron chi connectivity index (χ0n) is 25.1. The Morgan fingerprint density at radius 3 is 2.23 bits per heavy atom. The Morgan fingerprint density at radius 1 is 0.974 bits per heavy atom. The van der Waals surface area contributed by atoms with Crippen LogP contribution in [0.15, 0.2) is 18.2 Å². The van der Waals surface area contributed by atoms with Crippen molar-refractivity contribution in [1.29, 1.82) is 0 Å². The minimum atomic E-state index is -0.937. The molecule has 0 radical (unpaired) electrons. The van der Waals surface area contributed by atoms with Gasteiger partial charge in [-0.3, -0.25) is 14.4 Å². The maximum Gasteiger partial charge on any atom is 0.408 e. The molecule has 220 valence electrons.